The third-order valence-corrected chi connectivity index (χ3v) is 2.61. The zero-order valence-corrected chi connectivity index (χ0v) is 9.85. The summed E-state index contributed by atoms with van der Waals surface area (Å²) in [6.07, 6.45) is 1.17. The first-order chi connectivity index (χ1) is 8.90. The number of hydrogen-bond donors (Lipinski definition) is 1. The second-order valence-corrected chi connectivity index (χ2v) is 3.94. The zero-order valence-electron chi connectivity index (χ0n) is 9.85. The number of halogens is 2. The van der Waals surface area contributed by atoms with Crippen molar-refractivity contribution in [3.63, 3.8) is 0 Å². The highest BCUT2D eigenvalue weighted by molar-refractivity contribution is 5.97. The average Bonchev–Trinajstić information content (AvgIpc) is 2.77. The first-order valence-electron chi connectivity index (χ1n) is 5.32. The van der Waals surface area contributed by atoms with E-state index in [9.17, 15) is 18.4 Å². The monoisotopic (exact) mass is 265 g/mol. The fourth-order valence-corrected chi connectivity index (χ4v) is 1.69. The highest BCUT2D eigenvalue weighted by Gasteiger charge is 2.18. The molecule has 0 saturated carbocycles. The summed E-state index contributed by atoms with van der Waals surface area (Å²) < 4.78 is 27.7. The van der Waals surface area contributed by atoms with Gasteiger partial charge in [-0.15, -0.1) is 0 Å². The second kappa shape index (κ2) is 4.64. The molecule has 98 valence electrons. The van der Waals surface area contributed by atoms with Crippen LogP contribution in [-0.4, -0.2) is 21.4 Å². The minimum absolute atomic E-state index is 0.112. The molecule has 0 fully saturated rings. The topological polar surface area (TPSA) is 59.3 Å². The van der Waals surface area contributed by atoms with E-state index in [0.717, 1.165) is 28.8 Å². The van der Waals surface area contributed by atoms with E-state index in [2.05, 4.69) is 0 Å². The smallest absolute Gasteiger partial charge is 0.352 e. The fourth-order valence-electron chi connectivity index (χ4n) is 1.69. The van der Waals surface area contributed by atoms with Gasteiger partial charge in [-0.1, -0.05) is 0 Å². The summed E-state index contributed by atoms with van der Waals surface area (Å²) in [5.41, 5.74) is -0.458. The van der Waals surface area contributed by atoms with Gasteiger partial charge in [0.2, 0.25) is 0 Å². The van der Waals surface area contributed by atoms with Crippen molar-refractivity contribution in [3.8, 4) is 5.69 Å². The number of carboxylic acid groups (broad SMARTS) is 1. The van der Waals surface area contributed by atoms with Crippen LogP contribution in [0, 0.1) is 11.6 Å². The van der Waals surface area contributed by atoms with E-state index in [0.29, 0.717) is 0 Å². The maximum absolute atomic E-state index is 13.6. The van der Waals surface area contributed by atoms with Crippen LogP contribution in [0.15, 0.2) is 30.5 Å². The van der Waals surface area contributed by atoms with Crippen molar-refractivity contribution in [2.24, 2.45) is 0 Å². The first kappa shape index (κ1) is 12.9. The van der Waals surface area contributed by atoms with Crippen LogP contribution in [0.1, 0.15) is 27.8 Å². The number of carboxylic acids is 1. The average molecular weight is 265 g/mol. The molecule has 1 aromatic heterocycles. The fraction of sp³-hybridized carbons (Fsp3) is 0.0769. The second-order valence-electron chi connectivity index (χ2n) is 3.94. The SMILES string of the molecule is CC(=O)c1cc(C(=O)O)n(-c2cc(F)ccc2F)c1. The number of benzene rings is 1. The minimum Gasteiger partial charge on any atom is -0.477 e. The molecule has 0 aliphatic heterocycles. The Morgan fingerprint density at radius 3 is 2.47 bits per heavy atom. The molecule has 0 saturated heterocycles. The molecule has 0 aliphatic rings. The molecule has 6 heteroatoms. The van der Waals surface area contributed by atoms with Gasteiger partial charge in [-0.25, -0.2) is 13.6 Å². The van der Waals surface area contributed by atoms with Gasteiger partial charge in [0.05, 0.1) is 5.69 Å². The Balaban J connectivity index is 2.70. The van der Waals surface area contributed by atoms with Crippen molar-refractivity contribution in [2.75, 3.05) is 0 Å². The van der Waals surface area contributed by atoms with Crippen molar-refractivity contribution >= 4 is 11.8 Å². The van der Waals surface area contributed by atoms with Gasteiger partial charge >= 0.3 is 5.97 Å². The molecular weight excluding hydrogens is 256 g/mol. The molecule has 0 unspecified atom stereocenters. The number of aromatic nitrogens is 1. The standard InChI is InChI=1S/C13H9F2NO3/c1-7(17)8-4-12(13(18)19)16(6-8)11-5-9(14)2-3-10(11)15/h2-6H,1H3,(H,18,19). The zero-order chi connectivity index (χ0) is 14.2. The van der Waals surface area contributed by atoms with Gasteiger partial charge < -0.3 is 9.67 Å². The summed E-state index contributed by atoms with van der Waals surface area (Å²) >= 11 is 0. The maximum atomic E-state index is 13.6. The molecule has 1 N–H and O–H groups in total. The number of Topliss-reactive ketones (excluding diaryl/α,β-unsaturated/α-hetero) is 1. The predicted octanol–water partition coefficient (Wildman–Crippen LogP) is 2.66. The number of rotatable bonds is 3. The van der Waals surface area contributed by atoms with Gasteiger partial charge in [0.15, 0.2) is 5.78 Å². The Bertz CT molecular complexity index is 677. The van der Waals surface area contributed by atoms with Crippen molar-refractivity contribution in [1.29, 1.82) is 0 Å². The molecule has 2 aromatic rings. The molecule has 4 nitrogen and oxygen atoms in total. The molecule has 0 radical (unpaired) electrons. The molecule has 19 heavy (non-hydrogen) atoms. The van der Waals surface area contributed by atoms with Crippen molar-refractivity contribution in [2.45, 2.75) is 6.92 Å². The van der Waals surface area contributed by atoms with Gasteiger partial charge in [-0.3, -0.25) is 4.79 Å². The lowest BCUT2D eigenvalue weighted by molar-refractivity contribution is 0.0688. The number of aromatic carboxylic acids is 1. The predicted molar refractivity (Wildman–Crippen MR) is 62.6 cm³/mol. The van der Waals surface area contributed by atoms with Crippen LogP contribution in [0.5, 0.6) is 0 Å². The van der Waals surface area contributed by atoms with Crippen LogP contribution in [0.25, 0.3) is 5.69 Å². The number of carbonyl (C=O) groups is 2. The van der Waals surface area contributed by atoms with Gasteiger partial charge in [0.1, 0.15) is 17.3 Å². The first-order valence-corrected chi connectivity index (χ1v) is 5.32. The lowest BCUT2D eigenvalue weighted by Crippen LogP contribution is -2.07. The molecule has 0 spiro atoms. The Morgan fingerprint density at radius 1 is 1.21 bits per heavy atom. The van der Waals surface area contributed by atoms with Crippen LogP contribution >= 0.6 is 0 Å². The summed E-state index contributed by atoms with van der Waals surface area (Å²) in [4.78, 5) is 22.3. The van der Waals surface area contributed by atoms with E-state index in [4.69, 9.17) is 5.11 Å². The number of carbonyl (C=O) groups excluding carboxylic acids is 1. The Hall–Kier alpha value is -2.50. The van der Waals surface area contributed by atoms with E-state index in [1.807, 2.05) is 0 Å². The third kappa shape index (κ3) is 2.37. The minimum atomic E-state index is -1.34. The van der Waals surface area contributed by atoms with Crippen LogP contribution < -0.4 is 0 Å². The van der Waals surface area contributed by atoms with Crippen LogP contribution in [0.2, 0.25) is 0 Å². The van der Waals surface area contributed by atoms with Gasteiger partial charge in [0.25, 0.3) is 0 Å². The van der Waals surface area contributed by atoms with E-state index >= 15 is 0 Å². The van der Waals surface area contributed by atoms with E-state index in [1.54, 1.807) is 0 Å². The molecule has 1 heterocycles. The Morgan fingerprint density at radius 2 is 1.89 bits per heavy atom. The van der Waals surface area contributed by atoms with E-state index < -0.39 is 17.6 Å². The van der Waals surface area contributed by atoms with Crippen molar-refractivity contribution < 1.29 is 23.5 Å². The molecule has 0 amide bonds. The van der Waals surface area contributed by atoms with Gasteiger partial charge in [-0.2, -0.15) is 0 Å². The van der Waals surface area contributed by atoms with Crippen molar-refractivity contribution in [1.82, 2.24) is 4.57 Å². The van der Waals surface area contributed by atoms with E-state index in [1.165, 1.54) is 13.1 Å². The van der Waals surface area contributed by atoms with Crippen LogP contribution in [0.4, 0.5) is 8.78 Å². The van der Waals surface area contributed by atoms with E-state index in [-0.39, 0.29) is 22.7 Å². The summed E-state index contributed by atoms with van der Waals surface area (Å²) in [6.45, 7) is 1.26. The summed E-state index contributed by atoms with van der Waals surface area (Å²) in [5.74, 6) is -3.19. The molecule has 1 aromatic carbocycles. The molecule has 0 atom stereocenters. The lowest BCUT2D eigenvalue weighted by Gasteiger charge is -2.07. The quantitative estimate of drug-likeness (QED) is 0.868. The Labute approximate surface area is 106 Å². The third-order valence-electron chi connectivity index (χ3n) is 2.61. The Kier molecular flexibility index (Phi) is 3.16. The van der Waals surface area contributed by atoms with Crippen molar-refractivity contribution in [3.05, 3.63) is 53.4 Å². The number of ketones is 1. The van der Waals surface area contributed by atoms with Crippen LogP contribution in [0.3, 0.4) is 0 Å². The summed E-state index contributed by atoms with van der Waals surface area (Å²) in [5, 5.41) is 9.03. The summed E-state index contributed by atoms with van der Waals surface area (Å²) in [7, 11) is 0. The summed E-state index contributed by atoms with van der Waals surface area (Å²) in [6, 6.07) is 3.80. The molecule has 0 bridgehead atoms. The number of nitrogens with zero attached hydrogens (tertiary/aromatic N) is 1. The lowest BCUT2D eigenvalue weighted by atomic mass is 10.2. The van der Waals surface area contributed by atoms with Crippen LogP contribution in [-0.2, 0) is 0 Å². The number of hydrogen-bond acceptors (Lipinski definition) is 2. The molecule has 2 rings (SSSR count). The van der Waals surface area contributed by atoms with Gasteiger partial charge in [-0.05, 0) is 25.1 Å². The molecule has 0 aliphatic carbocycles. The highest BCUT2D eigenvalue weighted by atomic mass is 19.1. The van der Waals surface area contributed by atoms with Gasteiger partial charge in [0, 0.05) is 17.8 Å². The highest BCUT2D eigenvalue weighted by Crippen LogP contribution is 2.20. The largest absolute Gasteiger partial charge is 0.477 e. The maximum Gasteiger partial charge on any atom is 0.352 e. The molecular formula is C13H9F2NO3. The normalized spacial score (nSPS) is 10.5.